The highest BCUT2D eigenvalue weighted by atomic mass is 32.1. The summed E-state index contributed by atoms with van der Waals surface area (Å²) < 4.78 is 42.3. The van der Waals surface area contributed by atoms with Crippen LogP contribution in [0.25, 0.3) is 0 Å². The number of anilines is 1. The molecule has 44 heavy (non-hydrogen) atoms. The van der Waals surface area contributed by atoms with E-state index >= 15 is 0 Å². The molecule has 8 nitrogen and oxygen atoms in total. The van der Waals surface area contributed by atoms with Gasteiger partial charge in [0.2, 0.25) is 0 Å². The highest BCUT2D eigenvalue weighted by Crippen LogP contribution is 2.38. The largest absolute Gasteiger partial charge is 0.491 e. The van der Waals surface area contributed by atoms with Gasteiger partial charge in [0.15, 0.2) is 0 Å². The van der Waals surface area contributed by atoms with E-state index in [4.69, 9.17) is 5.73 Å². The number of thiol groups is 1. The van der Waals surface area contributed by atoms with Crippen molar-refractivity contribution in [2.75, 3.05) is 4.90 Å². The Morgan fingerprint density at radius 3 is 2.23 bits per heavy atom. The lowest BCUT2D eigenvalue weighted by molar-refractivity contribution is -0.202. The van der Waals surface area contributed by atoms with E-state index < -0.39 is 48.4 Å². The number of nitrogens with two attached hydrogens (primary N) is 1. The van der Waals surface area contributed by atoms with Crippen LogP contribution in [0.3, 0.4) is 0 Å². The number of fused-ring (bicyclic) bond motifs is 1. The van der Waals surface area contributed by atoms with Crippen molar-refractivity contribution in [3.05, 3.63) is 101 Å². The summed E-state index contributed by atoms with van der Waals surface area (Å²) in [6, 6.07) is 20.5. The van der Waals surface area contributed by atoms with Crippen LogP contribution in [0.2, 0.25) is 0 Å². The summed E-state index contributed by atoms with van der Waals surface area (Å²) in [5.41, 5.74) is 8.35. The smallest absolute Gasteiger partial charge is 0.386 e. The number of nitrogens with zero attached hydrogens (tertiary/aromatic N) is 2. The lowest BCUT2D eigenvalue weighted by atomic mass is 10.00. The van der Waals surface area contributed by atoms with Crippen molar-refractivity contribution in [2.45, 2.75) is 62.8 Å². The second-order valence-corrected chi connectivity index (χ2v) is 11.2. The molecule has 2 amide bonds. The molecule has 0 spiro atoms. The number of aryl methyl sites for hydroxylation is 1. The second kappa shape index (κ2) is 14.1. The maximum absolute atomic E-state index is 14.5. The quantitative estimate of drug-likeness (QED) is 0.136. The van der Waals surface area contributed by atoms with Gasteiger partial charge in [-0.3, -0.25) is 14.4 Å². The summed E-state index contributed by atoms with van der Waals surface area (Å²) in [5, 5.41) is -0.302. The molecule has 3 aromatic rings. The van der Waals surface area contributed by atoms with E-state index in [-0.39, 0.29) is 17.5 Å². The van der Waals surface area contributed by atoms with Gasteiger partial charge in [-0.1, -0.05) is 66.7 Å². The van der Waals surface area contributed by atoms with E-state index in [2.05, 4.69) is 17.4 Å². The van der Waals surface area contributed by atoms with E-state index in [9.17, 15) is 32.3 Å². The Kier molecular flexibility index (Phi) is 10.5. The number of hydrogen-bond donors (Lipinski definition) is 2. The first-order chi connectivity index (χ1) is 20.9. The number of hydrogen-bond acceptors (Lipinski definition) is 7. The van der Waals surface area contributed by atoms with Crippen molar-refractivity contribution in [2.24, 2.45) is 5.73 Å². The second-order valence-electron chi connectivity index (χ2n) is 10.6. The summed E-state index contributed by atoms with van der Waals surface area (Å²) in [4.78, 5) is 55.4. The lowest BCUT2D eigenvalue weighted by Crippen LogP contribution is -2.47. The number of carbonyl (C=O) groups excluding carboxylic acids is 4. The van der Waals surface area contributed by atoms with Crippen LogP contribution < -0.4 is 10.6 Å². The molecule has 4 rings (SSSR count). The molecule has 3 aromatic carbocycles. The average molecular weight is 628 g/mol. The third-order valence-corrected chi connectivity index (χ3v) is 7.49. The van der Waals surface area contributed by atoms with Gasteiger partial charge < -0.3 is 20.3 Å². The van der Waals surface area contributed by atoms with Gasteiger partial charge >= 0.3 is 18.1 Å². The first-order valence-electron chi connectivity index (χ1n) is 14.0. The molecule has 0 aromatic heterocycles. The van der Waals surface area contributed by atoms with Gasteiger partial charge in [-0.25, -0.2) is 4.79 Å². The minimum Gasteiger partial charge on any atom is -0.386 e. The summed E-state index contributed by atoms with van der Waals surface area (Å²) >= 11 is 4.22. The Labute approximate surface area is 258 Å². The molecule has 2 N–H and O–H groups in total. The number of amides is 2. The number of carbonyl (C=O) groups is 4. The third-order valence-electron chi connectivity index (χ3n) is 7.23. The van der Waals surface area contributed by atoms with Crippen molar-refractivity contribution in [1.82, 2.24) is 4.90 Å². The molecular formula is C32H32F3N3O5S. The van der Waals surface area contributed by atoms with Gasteiger partial charge in [0.05, 0.1) is 24.2 Å². The van der Waals surface area contributed by atoms with Crippen LogP contribution in [0.4, 0.5) is 18.9 Å². The van der Waals surface area contributed by atoms with E-state index in [1.54, 1.807) is 42.5 Å². The van der Waals surface area contributed by atoms with E-state index in [1.807, 2.05) is 36.4 Å². The van der Waals surface area contributed by atoms with Gasteiger partial charge in [-0.15, -0.1) is 0 Å². The molecule has 0 fully saturated rings. The Balaban J connectivity index is 1.80. The average Bonchev–Trinajstić information content (AvgIpc) is 3.06. The molecular weight excluding hydrogens is 595 g/mol. The number of halogens is 3. The van der Waals surface area contributed by atoms with Gasteiger partial charge in [-0.05, 0) is 55.0 Å². The van der Waals surface area contributed by atoms with Crippen LogP contribution in [-0.4, -0.2) is 46.2 Å². The highest BCUT2D eigenvalue weighted by Gasteiger charge is 2.45. The first-order valence-corrected chi connectivity index (χ1v) is 14.5. The molecule has 0 aliphatic carbocycles. The molecule has 0 bridgehead atoms. The van der Waals surface area contributed by atoms with E-state index in [0.29, 0.717) is 30.5 Å². The number of rotatable bonds is 10. The van der Waals surface area contributed by atoms with Gasteiger partial charge in [0, 0.05) is 11.4 Å². The summed E-state index contributed by atoms with van der Waals surface area (Å²) in [6.45, 7) is 1.55. The number of esters is 2. The van der Waals surface area contributed by atoms with Crippen LogP contribution in [0.5, 0.6) is 0 Å². The number of benzene rings is 3. The fourth-order valence-corrected chi connectivity index (χ4v) is 5.35. The Morgan fingerprint density at radius 2 is 1.61 bits per heavy atom. The summed E-state index contributed by atoms with van der Waals surface area (Å²) in [5.74, 6) is -5.22. The van der Waals surface area contributed by atoms with Gasteiger partial charge in [0.25, 0.3) is 11.8 Å². The highest BCUT2D eigenvalue weighted by molar-refractivity contribution is 7.80. The lowest BCUT2D eigenvalue weighted by Gasteiger charge is -2.35. The minimum atomic E-state index is -5.37. The van der Waals surface area contributed by atoms with Crippen LogP contribution in [0.15, 0.2) is 78.9 Å². The van der Waals surface area contributed by atoms with Gasteiger partial charge in [0.1, 0.15) is 6.04 Å². The van der Waals surface area contributed by atoms with Crippen molar-refractivity contribution < 1.29 is 37.1 Å². The van der Waals surface area contributed by atoms with Crippen molar-refractivity contribution in [3.63, 3.8) is 0 Å². The molecule has 0 saturated heterocycles. The Morgan fingerprint density at radius 1 is 0.977 bits per heavy atom. The molecule has 232 valence electrons. The van der Waals surface area contributed by atoms with Crippen LogP contribution in [0, 0.1) is 0 Å². The fourth-order valence-electron chi connectivity index (χ4n) is 5.17. The molecule has 12 heteroatoms. The standard InChI is InChI=1S/C32H32F3N3O5S/c1-20(17-27(39)43-31(42)32(33,34)35)38-28(23-12-6-3-7-13-23)30(41)37(19-22-9-4-2-5-10-22)25-16-15-21(11-8-14-26(36)44)18-24(25)29(38)40/h2-7,9-10,12-13,15-16,18,20,26,28,44H,8,11,14,17,19,36H2,1H3. The predicted molar refractivity (Wildman–Crippen MR) is 161 cm³/mol. The molecule has 0 saturated carbocycles. The minimum absolute atomic E-state index is 0.126. The zero-order chi connectivity index (χ0) is 32.0. The summed E-state index contributed by atoms with van der Waals surface area (Å²) in [6.07, 6.45) is -4.24. The molecule has 0 radical (unpaired) electrons. The maximum Gasteiger partial charge on any atom is 0.491 e. The SMILES string of the molecule is CC(CC(=O)OC(=O)C(F)(F)F)N1C(=O)c2cc(CCCC(N)S)ccc2N(Cc2ccccc2)C(=O)C1c1ccccc1. The predicted octanol–water partition coefficient (Wildman–Crippen LogP) is 5.36. The van der Waals surface area contributed by atoms with E-state index in [1.165, 1.54) is 16.7 Å². The van der Waals surface area contributed by atoms with Crippen molar-refractivity contribution in [1.29, 1.82) is 0 Å². The molecule has 3 unspecified atom stereocenters. The van der Waals surface area contributed by atoms with Crippen LogP contribution in [-0.2, 0) is 32.1 Å². The molecule has 1 heterocycles. The van der Waals surface area contributed by atoms with Crippen molar-refractivity contribution >= 4 is 42.1 Å². The Bertz CT molecular complexity index is 1500. The van der Waals surface area contributed by atoms with E-state index in [0.717, 1.165) is 11.1 Å². The Hall–Kier alpha value is -4.16. The topological polar surface area (TPSA) is 110 Å². The molecule has 1 aliphatic heterocycles. The molecule has 3 atom stereocenters. The normalized spacial score (nSPS) is 16.6. The van der Waals surface area contributed by atoms with Gasteiger partial charge in [-0.2, -0.15) is 25.8 Å². The first kappa shape index (κ1) is 32.7. The number of alkyl halides is 3. The van der Waals surface area contributed by atoms with Crippen LogP contribution >= 0.6 is 12.6 Å². The monoisotopic (exact) mass is 627 g/mol. The zero-order valence-electron chi connectivity index (χ0n) is 23.9. The van der Waals surface area contributed by atoms with Crippen molar-refractivity contribution in [3.8, 4) is 0 Å². The maximum atomic E-state index is 14.5. The van der Waals surface area contributed by atoms with Crippen LogP contribution in [0.1, 0.15) is 59.3 Å². The zero-order valence-corrected chi connectivity index (χ0v) is 24.8. The fraction of sp³-hybridized carbons (Fsp3) is 0.312. The number of ether oxygens (including phenoxy) is 1. The third kappa shape index (κ3) is 7.86. The summed E-state index contributed by atoms with van der Waals surface area (Å²) in [7, 11) is 0. The molecule has 1 aliphatic rings.